The lowest BCUT2D eigenvalue weighted by molar-refractivity contribution is 0.793. The number of thiophene rings is 2. The lowest BCUT2D eigenvalue weighted by Crippen LogP contribution is -2.26. The molecule has 1 spiro atoms. The van der Waals surface area contributed by atoms with Gasteiger partial charge in [0.2, 0.25) is 0 Å². The zero-order valence-corrected chi connectivity index (χ0v) is 38.0. The summed E-state index contributed by atoms with van der Waals surface area (Å²) in [5.41, 5.74) is 19.9. The Morgan fingerprint density at radius 1 is 0.254 bits per heavy atom. The molecule has 0 saturated carbocycles. The minimum atomic E-state index is -0.432. The maximum atomic E-state index is 2.45. The van der Waals surface area contributed by atoms with Crippen LogP contribution in [0.25, 0.3) is 109 Å². The van der Waals surface area contributed by atoms with Gasteiger partial charge in [0.25, 0.3) is 0 Å². The molecule has 0 saturated heterocycles. The molecule has 312 valence electrons. The van der Waals surface area contributed by atoms with Gasteiger partial charge in [0.1, 0.15) is 0 Å². The van der Waals surface area contributed by atoms with Crippen molar-refractivity contribution in [1.82, 2.24) is 0 Å². The van der Waals surface area contributed by atoms with Crippen LogP contribution in [0, 0.1) is 0 Å². The van der Waals surface area contributed by atoms with E-state index in [0.29, 0.717) is 0 Å². The standard InChI is InChI=1S/C65H40S2/c1-5-13-57-49(9-1)50-10-2-6-14-58(50)65(57)59-37-43(19-17-41-21-27-45(28-22-41)47-31-35-63-55(39-47)53-11-3-7-15-61(53)66-63)25-33-51(59)52-34-26-44(38-60(52)65)20-18-42-23-29-46(30-24-42)48-32-36-64-56(40-48)54-12-4-8-16-62(54)67-64/h1-40H. The molecule has 0 nitrogen and oxygen atoms in total. The third kappa shape index (κ3) is 6.04. The highest BCUT2D eigenvalue weighted by molar-refractivity contribution is 7.26. The fraction of sp³-hybridized carbons (Fsp3) is 0.0154. The minimum Gasteiger partial charge on any atom is -0.135 e. The van der Waals surface area contributed by atoms with Crippen LogP contribution in [-0.2, 0) is 5.41 Å². The molecule has 14 rings (SSSR count). The van der Waals surface area contributed by atoms with Gasteiger partial charge in [-0.1, -0.05) is 194 Å². The fourth-order valence-electron chi connectivity index (χ4n) is 11.2. The zero-order chi connectivity index (χ0) is 44.1. The van der Waals surface area contributed by atoms with Gasteiger partial charge in [0.15, 0.2) is 0 Å². The van der Waals surface area contributed by atoms with Crippen molar-refractivity contribution in [3.05, 3.63) is 263 Å². The number of hydrogen-bond donors (Lipinski definition) is 0. The fourth-order valence-corrected chi connectivity index (χ4v) is 13.3. The normalized spacial score (nSPS) is 13.4. The number of benzene rings is 10. The van der Waals surface area contributed by atoms with E-state index in [1.807, 2.05) is 22.7 Å². The third-order valence-corrected chi connectivity index (χ3v) is 16.6. The van der Waals surface area contributed by atoms with E-state index in [-0.39, 0.29) is 0 Å². The molecule has 0 unspecified atom stereocenters. The summed E-state index contributed by atoms with van der Waals surface area (Å²) in [6, 6.07) is 81.5. The Morgan fingerprint density at radius 3 is 1.09 bits per heavy atom. The number of fused-ring (bicyclic) bond motifs is 16. The second-order valence-electron chi connectivity index (χ2n) is 18.0. The van der Waals surface area contributed by atoms with Crippen LogP contribution < -0.4 is 0 Å². The maximum absolute atomic E-state index is 2.45. The summed E-state index contributed by atoms with van der Waals surface area (Å²) in [5.74, 6) is 0. The third-order valence-electron chi connectivity index (χ3n) is 14.3. The smallest absolute Gasteiger partial charge is 0.0725 e. The van der Waals surface area contributed by atoms with E-state index in [4.69, 9.17) is 0 Å². The molecular weight excluding hydrogens is 845 g/mol. The second-order valence-corrected chi connectivity index (χ2v) is 20.1. The van der Waals surface area contributed by atoms with Crippen molar-refractivity contribution in [2.24, 2.45) is 0 Å². The molecule has 2 aliphatic carbocycles. The Balaban J connectivity index is 0.796. The molecule has 2 heterocycles. The first kappa shape index (κ1) is 38.4. The predicted molar refractivity (Wildman–Crippen MR) is 290 cm³/mol. The first-order valence-electron chi connectivity index (χ1n) is 23.0. The Kier molecular flexibility index (Phi) is 8.64. The molecule has 2 heteroatoms. The van der Waals surface area contributed by atoms with Gasteiger partial charge < -0.3 is 0 Å². The van der Waals surface area contributed by atoms with E-state index < -0.39 is 5.41 Å². The summed E-state index contributed by atoms with van der Waals surface area (Å²) < 4.78 is 5.35. The summed E-state index contributed by atoms with van der Waals surface area (Å²) in [5, 5.41) is 5.33. The van der Waals surface area contributed by atoms with Gasteiger partial charge in [-0.2, -0.15) is 0 Å². The Bertz CT molecular complexity index is 3760. The summed E-state index contributed by atoms with van der Waals surface area (Å²) in [4.78, 5) is 0. The molecule has 0 amide bonds. The first-order valence-corrected chi connectivity index (χ1v) is 24.7. The van der Waals surface area contributed by atoms with Gasteiger partial charge in [-0.25, -0.2) is 0 Å². The number of hydrogen-bond acceptors (Lipinski definition) is 2. The summed E-state index contributed by atoms with van der Waals surface area (Å²) in [6.45, 7) is 0. The molecule has 0 atom stereocenters. The van der Waals surface area contributed by atoms with Crippen molar-refractivity contribution < 1.29 is 0 Å². The van der Waals surface area contributed by atoms with Crippen LogP contribution in [0.5, 0.6) is 0 Å². The van der Waals surface area contributed by atoms with Gasteiger partial charge in [0, 0.05) is 40.3 Å². The molecule has 0 fully saturated rings. The molecule has 10 aromatic carbocycles. The molecule has 0 bridgehead atoms. The quantitative estimate of drug-likeness (QED) is 0.146. The van der Waals surface area contributed by atoms with Gasteiger partial charge in [-0.3, -0.25) is 0 Å². The van der Waals surface area contributed by atoms with Crippen LogP contribution in [0.15, 0.2) is 218 Å². The van der Waals surface area contributed by atoms with Crippen LogP contribution in [0.3, 0.4) is 0 Å². The van der Waals surface area contributed by atoms with E-state index in [1.165, 1.54) is 129 Å². The van der Waals surface area contributed by atoms with Crippen molar-refractivity contribution in [2.75, 3.05) is 0 Å². The van der Waals surface area contributed by atoms with E-state index in [1.54, 1.807) is 0 Å². The lowest BCUT2D eigenvalue weighted by atomic mass is 9.70. The highest BCUT2D eigenvalue weighted by atomic mass is 32.1. The van der Waals surface area contributed by atoms with Gasteiger partial charge in [0.05, 0.1) is 5.41 Å². The zero-order valence-electron chi connectivity index (χ0n) is 36.4. The van der Waals surface area contributed by atoms with Crippen molar-refractivity contribution in [3.63, 3.8) is 0 Å². The minimum absolute atomic E-state index is 0.432. The summed E-state index contributed by atoms with van der Waals surface area (Å²) >= 11 is 3.73. The van der Waals surface area contributed by atoms with E-state index in [0.717, 1.165) is 0 Å². The molecule has 0 aliphatic heterocycles. The second kappa shape index (κ2) is 15.1. The summed E-state index contributed by atoms with van der Waals surface area (Å²) in [6.07, 6.45) is 9.08. The molecule has 67 heavy (non-hydrogen) atoms. The van der Waals surface area contributed by atoms with E-state index in [2.05, 4.69) is 243 Å². The van der Waals surface area contributed by atoms with Crippen molar-refractivity contribution in [3.8, 4) is 44.5 Å². The Morgan fingerprint density at radius 2 is 0.612 bits per heavy atom. The predicted octanol–water partition coefficient (Wildman–Crippen LogP) is 18.4. The van der Waals surface area contributed by atoms with Crippen LogP contribution in [-0.4, -0.2) is 0 Å². The van der Waals surface area contributed by atoms with Gasteiger partial charge >= 0.3 is 0 Å². The largest absolute Gasteiger partial charge is 0.135 e. The van der Waals surface area contributed by atoms with Crippen LogP contribution >= 0.6 is 22.7 Å². The molecule has 0 radical (unpaired) electrons. The SMILES string of the molecule is C(=Cc1ccc2c(c1)C1(c3ccccc3-c3ccccc31)c1cc(C=Cc3ccc(-c4ccc5sc6ccccc6c5c4)cc3)ccc1-2)c1ccc(-c2ccc3sc4ccccc4c3c2)cc1. The Hall–Kier alpha value is -7.88. The van der Waals surface area contributed by atoms with Crippen molar-refractivity contribution in [1.29, 1.82) is 0 Å². The summed E-state index contributed by atoms with van der Waals surface area (Å²) in [7, 11) is 0. The van der Waals surface area contributed by atoms with Crippen LogP contribution in [0.1, 0.15) is 44.5 Å². The lowest BCUT2D eigenvalue weighted by Gasteiger charge is -2.30. The van der Waals surface area contributed by atoms with Crippen molar-refractivity contribution in [2.45, 2.75) is 5.41 Å². The van der Waals surface area contributed by atoms with Crippen LogP contribution in [0.2, 0.25) is 0 Å². The first-order chi connectivity index (χ1) is 33.2. The average molecular weight is 885 g/mol. The maximum Gasteiger partial charge on any atom is 0.0725 e. The highest BCUT2D eigenvalue weighted by Crippen LogP contribution is 2.63. The van der Waals surface area contributed by atoms with Gasteiger partial charge in [-0.05, 0) is 138 Å². The highest BCUT2D eigenvalue weighted by Gasteiger charge is 2.51. The topological polar surface area (TPSA) is 0 Å². The molecule has 0 N–H and O–H groups in total. The molecule has 2 aromatic heterocycles. The Labute approximate surface area is 397 Å². The molecule has 12 aromatic rings. The van der Waals surface area contributed by atoms with Crippen LogP contribution in [0.4, 0.5) is 0 Å². The molecular formula is C65H40S2. The monoisotopic (exact) mass is 884 g/mol. The average Bonchev–Trinajstić information content (AvgIpc) is 4.12. The van der Waals surface area contributed by atoms with E-state index in [9.17, 15) is 0 Å². The van der Waals surface area contributed by atoms with E-state index >= 15 is 0 Å². The molecule has 2 aliphatic rings. The van der Waals surface area contributed by atoms with Crippen molar-refractivity contribution >= 4 is 87.3 Å². The van der Waals surface area contributed by atoms with Gasteiger partial charge in [-0.15, -0.1) is 22.7 Å². The number of rotatable bonds is 6.